The second kappa shape index (κ2) is 9.35. The van der Waals surface area contributed by atoms with Crippen molar-refractivity contribution in [3.05, 3.63) is 40.2 Å². The SMILES string of the molecule is CC(N)CCNC(=O)c1ccc(Sc2nncn2C)c([N+](=O)[O-])c1.Cl. The van der Waals surface area contributed by atoms with Gasteiger partial charge in [0.1, 0.15) is 6.33 Å². The monoisotopic (exact) mass is 386 g/mol. The number of aromatic nitrogens is 3. The second-order valence-electron chi connectivity index (χ2n) is 5.29. The molecule has 1 amide bonds. The minimum absolute atomic E-state index is 0. The molecule has 0 aliphatic carbocycles. The summed E-state index contributed by atoms with van der Waals surface area (Å²) in [5, 5.41) is 22.2. The lowest BCUT2D eigenvalue weighted by molar-refractivity contribution is -0.387. The van der Waals surface area contributed by atoms with E-state index in [2.05, 4.69) is 15.5 Å². The molecule has 0 aliphatic heterocycles. The Hall–Kier alpha value is -2.17. The average molecular weight is 387 g/mol. The highest BCUT2D eigenvalue weighted by molar-refractivity contribution is 7.99. The van der Waals surface area contributed by atoms with Crippen molar-refractivity contribution in [3.63, 3.8) is 0 Å². The van der Waals surface area contributed by atoms with E-state index in [9.17, 15) is 14.9 Å². The van der Waals surface area contributed by atoms with Gasteiger partial charge in [0, 0.05) is 31.3 Å². The van der Waals surface area contributed by atoms with E-state index in [4.69, 9.17) is 5.73 Å². The van der Waals surface area contributed by atoms with Crippen molar-refractivity contribution < 1.29 is 9.72 Å². The van der Waals surface area contributed by atoms with Crippen molar-refractivity contribution in [1.82, 2.24) is 20.1 Å². The number of hydrogen-bond donors (Lipinski definition) is 2. The van der Waals surface area contributed by atoms with Gasteiger partial charge < -0.3 is 15.6 Å². The number of halogens is 1. The van der Waals surface area contributed by atoms with Gasteiger partial charge in [0.05, 0.1) is 9.82 Å². The zero-order valence-electron chi connectivity index (χ0n) is 13.7. The van der Waals surface area contributed by atoms with E-state index in [0.29, 0.717) is 23.0 Å². The maximum atomic E-state index is 12.1. The third-order valence-corrected chi connectivity index (χ3v) is 4.29. The fourth-order valence-corrected chi connectivity index (χ4v) is 2.72. The molecule has 0 radical (unpaired) electrons. The number of nitro groups is 1. The quantitative estimate of drug-likeness (QED) is 0.547. The van der Waals surface area contributed by atoms with Crippen LogP contribution >= 0.6 is 24.2 Å². The maximum Gasteiger partial charge on any atom is 0.284 e. The van der Waals surface area contributed by atoms with E-state index in [-0.39, 0.29) is 35.6 Å². The van der Waals surface area contributed by atoms with Gasteiger partial charge in [-0.3, -0.25) is 14.9 Å². The molecule has 3 N–H and O–H groups in total. The average Bonchev–Trinajstić information content (AvgIpc) is 2.92. The highest BCUT2D eigenvalue weighted by Gasteiger charge is 2.20. The first-order valence-corrected chi connectivity index (χ1v) is 8.04. The minimum Gasteiger partial charge on any atom is -0.352 e. The molecule has 0 spiro atoms. The molecule has 0 bridgehead atoms. The number of carbonyl (C=O) groups is 1. The number of carbonyl (C=O) groups excluding carboxylic acids is 1. The van der Waals surface area contributed by atoms with Crippen LogP contribution in [-0.2, 0) is 7.05 Å². The van der Waals surface area contributed by atoms with Gasteiger partial charge in [-0.25, -0.2) is 0 Å². The highest BCUT2D eigenvalue weighted by atomic mass is 35.5. The highest BCUT2D eigenvalue weighted by Crippen LogP contribution is 2.34. The number of rotatable bonds is 7. The van der Waals surface area contributed by atoms with Crippen LogP contribution in [0.2, 0.25) is 0 Å². The van der Waals surface area contributed by atoms with E-state index in [1.54, 1.807) is 17.7 Å². The molecule has 2 rings (SSSR count). The number of benzene rings is 1. The van der Waals surface area contributed by atoms with Gasteiger partial charge >= 0.3 is 0 Å². The maximum absolute atomic E-state index is 12.1. The number of amides is 1. The van der Waals surface area contributed by atoms with E-state index in [0.717, 1.165) is 11.8 Å². The summed E-state index contributed by atoms with van der Waals surface area (Å²) in [5.74, 6) is -0.367. The summed E-state index contributed by atoms with van der Waals surface area (Å²) in [7, 11) is 1.74. The molecule has 1 atom stereocenters. The van der Waals surface area contributed by atoms with Crippen LogP contribution in [0.4, 0.5) is 5.69 Å². The molecule has 9 nitrogen and oxygen atoms in total. The molecule has 0 fully saturated rings. The molecule has 0 saturated heterocycles. The first-order chi connectivity index (χ1) is 11.4. The summed E-state index contributed by atoms with van der Waals surface area (Å²) in [6.07, 6.45) is 2.14. The Morgan fingerprint density at radius 2 is 2.24 bits per heavy atom. The van der Waals surface area contributed by atoms with Gasteiger partial charge in [0.25, 0.3) is 11.6 Å². The van der Waals surface area contributed by atoms with E-state index >= 15 is 0 Å². The number of nitrogens with two attached hydrogens (primary N) is 1. The summed E-state index contributed by atoms with van der Waals surface area (Å²) in [6, 6.07) is 4.33. The lowest BCUT2D eigenvalue weighted by atomic mass is 10.2. The van der Waals surface area contributed by atoms with Crippen LogP contribution < -0.4 is 11.1 Å². The Balaban J connectivity index is 0.00000312. The summed E-state index contributed by atoms with van der Waals surface area (Å²) in [4.78, 5) is 23.3. The molecular weight excluding hydrogens is 368 g/mol. The standard InChI is InChI=1S/C14H18N6O3S.ClH/c1-9(15)5-6-16-13(21)10-3-4-12(11(7-10)20(22)23)24-14-18-17-8-19(14)2;/h3-4,7-9H,5-6,15H2,1-2H3,(H,16,21);1H. The Morgan fingerprint density at radius 3 is 2.80 bits per heavy atom. The van der Waals surface area contributed by atoms with E-state index in [1.807, 2.05) is 6.92 Å². The predicted octanol–water partition coefficient (Wildman–Crippen LogP) is 1.76. The summed E-state index contributed by atoms with van der Waals surface area (Å²) in [5.41, 5.74) is 5.70. The summed E-state index contributed by atoms with van der Waals surface area (Å²) >= 11 is 1.12. The first-order valence-electron chi connectivity index (χ1n) is 7.22. The molecule has 2 aromatic rings. The lowest BCUT2D eigenvalue weighted by Gasteiger charge is -2.08. The summed E-state index contributed by atoms with van der Waals surface area (Å²) < 4.78 is 1.66. The van der Waals surface area contributed by atoms with Gasteiger partial charge in [-0.15, -0.1) is 22.6 Å². The zero-order valence-corrected chi connectivity index (χ0v) is 15.3. The van der Waals surface area contributed by atoms with Crippen LogP contribution in [0.1, 0.15) is 23.7 Å². The largest absolute Gasteiger partial charge is 0.352 e. The molecule has 1 heterocycles. The van der Waals surface area contributed by atoms with E-state index < -0.39 is 4.92 Å². The van der Waals surface area contributed by atoms with Gasteiger partial charge in [0.15, 0.2) is 5.16 Å². The Kier molecular flexibility index (Phi) is 7.81. The number of hydrogen-bond acceptors (Lipinski definition) is 7. The first kappa shape index (κ1) is 20.9. The van der Waals surface area contributed by atoms with Crippen LogP contribution in [0, 0.1) is 10.1 Å². The second-order valence-corrected chi connectivity index (χ2v) is 6.30. The Morgan fingerprint density at radius 1 is 1.52 bits per heavy atom. The predicted molar refractivity (Wildman–Crippen MR) is 96.1 cm³/mol. The lowest BCUT2D eigenvalue weighted by Crippen LogP contribution is -2.28. The molecule has 1 aromatic heterocycles. The molecule has 1 aromatic carbocycles. The molecule has 0 aliphatic rings. The smallest absolute Gasteiger partial charge is 0.284 e. The van der Waals surface area contributed by atoms with Crippen molar-refractivity contribution in [1.29, 1.82) is 0 Å². The van der Waals surface area contributed by atoms with Crippen molar-refractivity contribution in [2.45, 2.75) is 29.4 Å². The number of nitrogens with zero attached hydrogens (tertiary/aromatic N) is 4. The molecular formula is C14H19ClN6O3S. The number of nitro benzene ring substituents is 1. The van der Waals surface area contributed by atoms with Crippen LogP contribution in [0.3, 0.4) is 0 Å². The minimum atomic E-state index is -0.516. The fourth-order valence-electron chi connectivity index (χ4n) is 1.87. The van der Waals surface area contributed by atoms with Gasteiger partial charge in [-0.1, -0.05) is 0 Å². The number of nitrogens with one attached hydrogen (secondary N) is 1. The Labute approximate surface area is 154 Å². The van der Waals surface area contributed by atoms with Crippen molar-refractivity contribution >= 4 is 35.8 Å². The third kappa shape index (κ3) is 5.69. The van der Waals surface area contributed by atoms with Gasteiger partial charge in [0.2, 0.25) is 0 Å². The Bertz CT molecular complexity index is 752. The van der Waals surface area contributed by atoms with Crippen LogP contribution in [0.5, 0.6) is 0 Å². The third-order valence-electron chi connectivity index (χ3n) is 3.17. The normalized spacial score (nSPS) is 11.5. The molecule has 0 saturated carbocycles. The van der Waals surface area contributed by atoms with Gasteiger partial charge in [-0.2, -0.15) is 0 Å². The topological polar surface area (TPSA) is 129 Å². The van der Waals surface area contributed by atoms with Crippen molar-refractivity contribution in [3.8, 4) is 0 Å². The van der Waals surface area contributed by atoms with Crippen molar-refractivity contribution in [2.75, 3.05) is 6.54 Å². The zero-order chi connectivity index (χ0) is 17.7. The molecule has 136 valence electrons. The number of aryl methyl sites for hydroxylation is 1. The van der Waals surface area contributed by atoms with Crippen LogP contribution in [0.25, 0.3) is 0 Å². The van der Waals surface area contributed by atoms with Crippen LogP contribution in [0.15, 0.2) is 34.6 Å². The molecule has 25 heavy (non-hydrogen) atoms. The molecule has 1 unspecified atom stereocenters. The van der Waals surface area contributed by atoms with Gasteiger partial charge in [-0.05, 0) is 37.2 Å². The van der Waals surface area contributed by atoms with E-state index in [1.165, 1.54) is 18.5 Å². The molecule has 11 heteroatoms. The fraction of sp³-hybridized carbons (Fsp3) is 0.357. The van der Waals surface area contributed by atoms with Crippen molar-refractivity contribution in [2.24, 2.45) is 12.8 Å². The van der Waals surface area contributed by atoms with Crippen LogP contribution in [-0.4, -0.2) is 38.2 Å². The summed E-state index contributed by atoms with van der Waals surface area (Å²) in [6.45, 7) is 2.26.